The number of hydrogen-bond acceptors (Lipinski definition) is 4. The van der Waals surface area contributed by atoms with Crippen LogP contribution >= 0.6 is 0 Å². The maximum atomic E-state index is 13.4. The SMILES string of the molecule is CC1CCCN(S(=O)(=O)c2ccc(NC(=O)C3c4ccccc4Oc4ccccc43)cc2)C1. The molecular weight excluding hydrogens is 436 g/mol. The molecule has 1 N–H and O–H groups in total. The number of para-hydroxylation sites is 2. The Morgan fingerprint density at radius 3 is 2.15 bits per heavy atom. The minimum atomic E-state index is -3.54. The van der Waals surface area contributed by atoms with Crippen LogP contribution in [0.4, 0.5) is 5.69 Å². The zero-order chi connectivity index (χ0) is 23.0. The van der Waals surface area contributed by atoms with Crippen LogP contribution in [0.15, 0.2) is 77.7 Å². The van der Waals surface area contributed by atoms with Gasteiger partial charge in [-0.15, -0.1) is 0 Å². The molecule has 2 heterocycles. The van der Waals surface area contributed by atoms with Crippen molar-refractivity contribution in [3.05, 3.63) is 83.9 Å². The highest BCUT2D eigenvalue weighted by Crippen LogP contribution is 2.44. The van der Waals surface area contributed by atoms with Crippen molar-refractivity contribution in [1.29, 1.82) is 0 Å². The van der Waals surface area contributed by atoms with Gasteiger partial charge in [-0.2, -0.15) is 4.31 Å². The molecule has 5 rings (SSSR count). The lowest BCUT2D eigenvalue weighted by molar-refractivity contribution is -0.116. The standard InChI is InChI=1S/C26H26N2O4S/c1-18-7-6-16-28(17-18)33(30,31)20-14-12-19(13-15-20)27-26(29)25-21-8-2-4-10-23(21)32-24-11-5-3-9-22(24)25/h2-5,8-15,18,25H,6-7,16-17H2,1H3,(H,27,29). The number of benzene rings is 3. The van der Waals surface area contributed by atoms with Crippen molar-refractivity contribution in [2.45, 2.75) is 30.6 Å². The number of rotatable bonds is 4. The summed E-state index contributed by atoms with van der Waals surface area (Å²) in [5.74, 6) is 0.961. The minimum absolute atomic E-state index is 0.196. The van der Waals surface area contributed by atoms with Gasteiger partial charge >= 0.3 is 0 Å². The lowest BCUT2D eigenvalue weighted by Gasteiger charge is -2.30. The van der Waals surface area contributed by atoms with Gasteiger partial charge in [0.2, 0.25) is 15.9 Å². The number of amides is 1. The van der Waals surface area contributed by atoms with Gasteiger partial charge in [-0.1, -0.05) is 43.3 Å². The Morgan fingerprint density at radius 2 is 1.55 bits per heavy atom. The highest BCUT2D eigenvalue weighted by molar-refractivity contribution is 7.89. The quantitative estimate of drug-likeness (QED) is 0.593. The number of sulfonamides is 1. The van der Waals surface area contributed by atoms with Crippen molar-refractivity contribution in [3.63, 3.8) is 0 Å². The third-order valence-corrected chi connectivity index (χ3v) is 8.20. The summed E-state index contributed by atoms with van der Waals surface area (Å²) in [5.41, 5.74) is 2.15. The van der Waals surface area contributed by atoms with Crippen LogP contribution in [0.2, 0.25) is 0 Å². The topological polar surface area (TPSA) is 75.7 Å². The molecule has 0 bridgehead atoms. The summed E-state index contributed by atoms with van der Waals surface area (Å²) < 4.78 is 33.6. The number of anilines is 1. The minimum Gasteiger partial charge on any atom is -0.457 e. The molecule has 2 aliphatic heterocycles. The number of hydrogen-bond donors (Lipinski definition) is 1. The molecule has 1 fully saturated rings. The van der Waals surface area contributed by atoms with Gasteiger partial charge in [0.15, 0.2) is 0 Å². The van der Waals surface area contributed by atoms with Gasteiger partial charge in [-0.05, 0) is 55.2 Å². The van der Waals surface area contributed by atoms with Crippen molar-refractivity contribution >= 4 is 21.6 Å². The Kier molecular flexibility index (Phi) is 5.68. The number of carbonyl (C=O) groups is 1. The first-order valence-electron chi connectivity index (χ1n) is 11.2. The maximum Gasteiger partial charge on any atom is 0.243 e. The van der Waals surface area contributed by atoms with Gasteiger partial charge in [0, 0.05) is 29.9 Å². The van der Waals surface area contributed by atoms with Gasteiger partial charge in [-0.3, -0.25) is 4.79 Å². The van der Waals surface area contributed by atoms with Crippen molar-refractivity contribution in [2.75, 3.05) is 18.4 Å². The number of piperidine rings is 1. The summed E-state index contributed by atoms with van der Waals surface area (Å²) in [6.07, 6.45) is 1.93. The number of carbonyl (C=O) groups excluding carboxylic acids is 1. The second-order valence-electron chi connectivity index (χ2n) is 8.73. The predicted octanol–water partition coefficient (Wildman–Crippen LogP) is 4.98. The van der Waals surface area contributed by atoms with Crippen LogP contribution < -0.4 is 10.1 Å². The first-order valence-corrected chi connectivity index (χ1v) is 12.6. The molecule has 0 saturated carbocycles. The van der Waals surface area contributed by atoms with E-state index in [1.54, 1.807) is 28.6 Å². The Hall–Kier alpha value is -3.16. The van der Waals surface area contributed by atoms with Crippen LogP contribution in [0, 0.1) is 5.92 Å². The first-order chi connectivity index (χ1) is 15.9. The Morgan fingerprint density at radius 1 is 0.939 bits per heavy atom. The molecule has 1 amide bonds. The lowest BCUT2D eigenvalue weighted by atomic mass is 9.87. The number of fused-ring (bicyclic) bond motifs is 2. The molecule has 2 aliphatic rings. The second kappa shape index (κ2) is 8.65. The molecule has 6 nitrogen and oxygen atoms in total. The fourth-order valence-corrected chi connectivity index (χ4v) is 6.23. The summed E-state index contributed by atoms with van der Waals surface area (Å²) >= 11 is 0. The maximum absolute atomic E-state index is 13.4. The van der Waals surface area contributed by atoms with Gasteiger partial charge in [0.05, 0.1) is 10.8 Å². The van der Waals surface area contributed by atoms with Crippen LogP contribution in [0.5, 0.6) is 11.5 Å². The molecule has 0 aliphatic carbocycles. The first kappa shape index (κ1) is 21.7. The molecule has 3 aromatic rings. The lowest BCUT2D eigenvalue weighted by Crippen LogP contribution is -2.39. The van der Waals surface area contributed by atoms with Gasteiger partial charge < -0.3 is 10.1 Å². The van der Waals surface area contributed by atoms with E-state index >= 15 is 0 Å². The van der Waals surface area contributed by atoms with Crippen molar-refractivity contribution in [1.82, 2.24) is 4.31 Å². The Balaban J connectivity index is 1.38. The van der Waals surface area contributed by atoms with Crippen molar-refractivity contribution in [2.24, 2.45) is 5.92 Å². The zero-order valence-corrected chi connectivity index (χ0v) is 19.2. The van der Waals surface area contributed by atoms with Gasteiger partial charge in [0.1, 0.15) is 11.5 Å². The van der Waals surface area contributed by atoms with Crippen LogP contribution in [-0.4, -0.2) is 31.7 Å². The molecular formula is C26H26N2O4S. The highest BCUT2D eigenvalue weighted by Gasteiger charge is 2.33. The van der Waals surface area contributed by atoms with E-state index in [0.717, 1.165) is 24.0 Å². The van der Waals surface area contributed by atoms with Crippen molar-refractivity contribution < 1.29 is 17.9 Å². The molecule has 7 heteroatoms. The Labute approximate surface area is 194 Å². The van der Waals surface area contributed by atoms with E-state index in [-0.39, 0.29) is 10.8 Å². The second-order valence-corrected chi connectivity index (χ2v) is 10.7. The van der Waals surface area contributed by atoms with E-state index < -0.39 is 15.9 Å². The molecule has 0 spiro atoms. The van der Waals surface area contributed by atoms with Crippen LogP contribution in [0.25, 0.3) is 0 Å². The molecule has 0 radical (unpaired) electrons. The molecule has 170 valence electrons. The molecule has 1 atom stereocenters. The van der Waals surface area contributed by atoms with Crippen LogP contribution in [0.3, 0.4) is 0 Å². The number of nitrogens with zero attached hydrogens (tertiary/aromatic N) is 1. The largest absolute Gasteiger partial charge is 0.457 e. The van der Waals surface area contributed by atoms with E-state index in [2.05, 4.69) is 12.2 Å². The average molecular weight is 463 g/mol. The predicted molar refractivity (Wildman–Crippen MR) is 127 cm³/mol. The van der Waals surface area contributed by atoms with E-state index in [0.29, 0.717) is 36.2 Å². The number of ether oxygens (including phenoxy) is 1. The molecule has 33 heavy (non-hydrogen) atoms. The molecule has 1 saturated heterocycles. The summed E-state index contributed by atoms with van der Waals surface area (Å²) in [5, 5.41) is 2.96. The Bertz CT molecular complexity index is 1240. The van der Waals surface area contributed by atoms with Gasteiger partial charge in [0.25, 0.3) is 0 Å². The normalized spacial score (nSPS) is 18.6. The van der Waals surface area contributed by atoms with Crippen LogP contribution in [0.1, 0.15) is 36.8 Å². The van der Waals surface area contributed by atoms with E-state index in [1.807, 2.05) is 48.5 Å². The summed E-state index contributed by atoms with van der Waals surface area (Å²) in [7, 11) is -3.54. The van der Waals surface area contributed by atoms with E-state index in [9.17, 15) is 13.2 Å². The highest BCUT2D eigenvalue weighted by atomic mass is 32.2. The summed E-state index contributed by atoms with van der Waals surface area (Å²) in [6.45, 7) is 3.17. The van der Waals surface area contributed by atoms with E-state index in [1.165, 1.54) is 0 Å². The average Bonchev–Trinajstić information content (AvgIpc) is 2.82. The van der Waals surface area contributed by atoms with Crippen molar-refractivity contribution in [3.8, 4) is 11.5 Å². The zero-order valence-electron chi connectivity index (χ0n) is 18.4. The third-order valence-electron chi connectivity index (χ3n) is 6.32. The molecule has 0 aromatic heterocycles. The smallest absolute Gasteiger partial charge is 0.243 e. The summed E-state index contributed by atoms with van der Waals surface area (Å²) in [4.78, 5) is 13.6. The molecule has 3 aromatic carbocycles. The third kappa shape index (κ3) is 4.14. The fraction of sp³-hybridized carbons (Fsp3) is 0.269. The van der Waals surface area contributed by atoms with E-state index in [4.69, 9.17) is 4.74 Å². The van der Waals surface area contributed by atoms with Crippen LogP contribution in [-0.2, 0) is 14.8 Å². The number of nitrogens with one attached hydrogen (secondary N) is 1. The fourth-order valence-electron chi connectivity index (χ4n) is 4.63. The molecule has 1 unspecified atom stereocenters. The monoisotopic (exact) mass is 462 g/mol. The summed E-state index contributed by atoms with van der Waals surface area (Å²) in [6, 6.07) is 21.5. The van der Waals surface area contributed by atoms with Gasteiger partial charge in [-0.25, -0.2) is 8.42 Å².